The highest BCUT2D eigenvalue weighted by atomic mass is 35.5. The number of aromatic nitrogens is 3. The van der Waals surface area contributed by atoms with Crippen LogP contribution in [0.15, 0.2) is 66.3 Å². The van der Waals surface area contributed by atoms with Gasteiger partial charge in [-0.05, 0) is 48.5 Å². The van der Waals surface area contributed by atoms with Gasteiger partial charge in [-0.25, -0.2) is 0 Å². The Bertz CT molecular complexity index is 1010. The van der Waals surface area contributed by atoms with Crippen molar-refractivity contribution in [3.05, 3.63) is 72.0 Å². The fourth-order valence-electron chi connectivity index (χ4n) is 2.72. The number of allylic oxidation sites excluding steroid dienone is 1. The number of hydrogen-bond donors (Lipinski definition) is 1. The Kier molecular flexibility index (Phi) is 8.37. The number of benzene rings is 2. The summed E-state index contributed by atoms with van der Waals surface area (Å²) >= 11 is 7.39. The number of nitrogens with zero attached hydrogens (tertiary/aromatic N) is 3. The third-order valence-electron chi connectivity index (χ3n) is 4.19. The van der Waals surface area contributed by atoms with Gasteiger partial charge in [0.1, 0.15) is 17.3 Å². The third-order valence-corrected chi connectivity index (χ3v) is 5.38. The molecule has 0 radical (unpaired) electrons. The number of rotatable bonds is 11. The van der Waals surface area contributed by atoms with Crippen molar-refractivity contribution < 1.29 is 14.3 Å². The summed E-state index contributed by atoms with van der Waals surface area (Å²) in [4.78, 5) is 12.4. The Morgan fingerprint density at radius 1 is 1.16 bits per heavy atom. The van der Waals surface area contributed by atoms with Crippen LogP contribution in [-0.4, -0.2) is 40.1 Å². The van der Waals surface area contributed by atoms with E-state index in [1.54, 1.807) is 37.5 Å². The molecule has 7 nitrogen and oxygen atoms in total. The summed E-state index contributed by atoms with van der Waals surface area (Å²) < 4.78 is 12.8. The third kappa shape index (κ3) is 6.77. The molecule has 162 valence electrons. The van der Waals surface area contributed by atoms with Crippen molar-refractivity contribution >= 4 is 35.0 Å². The maximum absolute atomic E-state index is 12.4. The molecule has 0 aliphatic rings. The first-order valence-corrected chi connectivity index (χ1v) is 10.9. The van der Waals surface area contributed by atoms with E-state index in [0.717, 1.165) is 11.5 Å². The largest absolute Gasteiger partial charge is 0.497 e. The zero-order valence-corrected chi connectivity index (χ0v) is 18.7. The van der Waals surface area contributed by atoms with Gasteiger partial charge >= 0.3 is 0 Å². The predicted octanol–water partition coefficient (Wildman–Crippen LogP) is 4.48. The quantitative estimate of drug-likeness (QED) is 0.259. The maximum Gasteiger partial charge on any atom is 0.232 e. The van der Waals surface area contributed by atoms with Crippen LogP contribution in [0.25, 0.3) is 0 Å². The molecule has 0 unspecified atom stereocenters. The number of ether oxygens (including phenoxy) is 2. The Morgan fingerprint density at radius 2 is 1.87 bits per heavy atom. The predicted molar refractivity (Wildman–Crippen MR) is 123 cm³/mol. The fourth-order valence-corrected chi connectivity index (χ4v) is 3.62. The van der Waals surface area contributed by atoms with Crippen LogP contribution in [-0.2, 0) is 17.8 Å². The van der Waals surface area contributed by atoms with Gasteiger partial charge in [0, 0.05) is 23.0 Å². The summed E-state index contributed by atoms with van der Waals surface area (Å²) in [5.41, 5.74) is 0.675. The van der Waals surface area contributed by atoms with E-state index < -0.39 is 0 Å². The number of thioether (sulfide) groups is 1. The van der Waals surface area contributed by atoms with Gasteiger partial charge in [-0.2, -0.15) is 0 Å². The first-order valence-electron chi connectivity index (χ1n) is 9.57. The summed E-state index contributed by atoms with van der Waals surface area (Å²) in [6, 6.07) is 14.4. The molecule has 0 aliphatic carbocycles. The van der Waals surface area contributed by atoms with Crippen LogP contribution in [0.3, 0.4) is 0 Å². The van der Waals surface area contributed by atoms with E-state index in [1.165, 1.54) is 11.8 Å². The molecule has 0 aliphatic heterocycles. The molecule has 1 aromatic heterocycles. The summed E-state index contributed by atoms with van der Waals surface area (Å²) in [5.74, 6) is 2.63. The van der Waals surface area contributed by atoms with Crippen LogP contribution in [0.2, 0.25) is 5.02 Å². The lowest BCUT2D eigenvalue weighted by Gasteiger charge is -2.09. The van der Waals surface area contributed by atoms with Gasteiger partial charge in [0.25, 0.3) is 0 Å². The SMILES string of the molecule is C=CCn1c(CC(=O)Nc2ccc(Cl)cc2)nnc1SCCOc1ccc(OC)cc1. The number of carbonyl (C=O) groups excluding carboxylic acids is 1. The van der Waals surface area contributed by atoms with Gasteiger partial charge in [-0.15, -0.1) is 16.8 Å². The second-order valence-corrected chi connectivity index (χ2v) is 7.90. The Morgan fingerprint density at radius 3 is 2.55 bits per heavy atom. The molecule has 0 bridgehead atoms. The van der Waals surface area contributed by atoms with Crippen molar-refractivity contribution in [3.8, 4) is 11.5 Å². The Balaban J connectivity index is 1.54. The molecular weight excluding hydrogens is 436 g/mol. The van der Waals surface area contributed by atoms with Crippen molar-refractivity contribution in [2.45, 2.75) is 18.1 Å². The average Bonchev–Trinajstić information content (AvgIpc) is 3.14. The second-order valence-electron chi connectivity index (χ2n) is 6.40. The number of nitrogens with one attached hydrogen (secondary N) is 1. The van der Waals surface area contributed by atoms with Crippen LogP contribution in [0.4, 0.5) is 5.69 Å². The summed E-state index contributed by atoms with van der Waals surface area (Å²) in [5, 5.41) is 12.6. The Hall–Kier alpha value is -2.97. The highest BCUT2D eigenvalue weighted by molar-refractivity contribution is 7.99. The zero-order chi connectivity index (χ0) is 22.1. The molecule has 1 amide bonds. The lowest BCUT2D eigenvalue weighted by atomic mass is 10.3. The number of methoxy groups -OCH3 is 1. The standard InChI is InChI=1S/C22H23ClN4O3S/c1-3-12-27-20(15-21(28)24-17-6-4-16(23)5-7-17)25-26-22(27)31-14-13-30-19-10-8-18(29-2)9-11-19/h3-11H,1,12-15H2,2H3,(H,24,28). The number of carbonyl (C=O) groups is 1. The van der Waals surface area contributed by atoms with Crippen molar-refractivity contribution in [3.63, 3.8) is 0 Å². The molecule has 0 saturated carbocycles. The first kappa shape index (κ1) is 22.7. The summed E-state index contributed by atoms with van der Waals surface area (Å²) in [7, 11) is 1.63. The van der Waals surface area contributed by atoms with Crippen LogP contribution >= 0.6 is 23.4 Å². The number of amides is 1. The Labute approximate surface area is 190 Å². The summed E-state index contributed by atoms with van der Waals surface area (Å²) in [6.07, 6.45) is 1.86. The smallest absolute Gasteiger partial charge is 0.232 e. The molecule has 0 fully saturated rings. The summed E-state index contributed by atoms with van der Waals surface area (Å²) in [6.45, 7) is 4.81. The molecule has 1 heterocycles. The molecule has 3 rings (SSSR count). The molecule has 0 spiro atoms. The minimum atomic E-state index is -0.181. The molecule has 0 saturated heterocycles. The fraction of sp³-hybridized carbons (Fsp3) is 0.227. The lowest BCUT2D eigenvalue weighted by Crippen LogP contribution is -2.17. The number of halogens is 1. The maximum atomic E-state index is 12.4. The van der Waals surface area contributed by atoms with Crippen molar-refractivity contribution in [1.29, 1.82) is 0 Å². The van der Waals surface area contributed by atoms with Gasteiger partial charge in [0.05, 0.1) is 20.1 Å². The van der Waals surface area contributed by atoms with Gasteiger partial charge in [-0.1, -0.05) is 29.4 Å². The van der Waals surface area contributed by atoms with Gasteiger partial charge in [0.15, 0.2) is 5.16 Å². The van der Waals surface area contributed by atoms with E-state index in [2.05, 4.69) is 22.1 Å². The molecule has 1 N–H and O–H groups in total. The lowest BCUT2D eigenvalue weighted by molar-refractivity contribution is -0.115. The van der Waals surface area contributed by atoms with Crippen LogP contribution in [0.5, 0.6) is 11.5 Å². The van der Waals surface area contributed by atoms with Crippen LogP contribution in [0.1, 0.15) is 5.82 Å². The number of anilines is 1. The minimum absolute atomic E-state index is 0.104. The van der Waals surface area contributed by atoms with Crippen molar-refractivity contribution in [2.75, 3.05) is 24.8 Å². The zero-order valence-electron chi connectivity index (χ0n) is 17.1. The van der Waals surface area contributed by atoms with E-state index in [-0.39, 0.29) is 12.3 Å². The molecule has 2 aromatic carbocycles. The normalized spacial score (nSPS) is 10.5. The monoisotopic (exact) mass is 458 g/mol. The van der Waals surface area contributed by atoms with Crippen LogP contribution < -0.4 is 14.8 Å². The average molecular weight is 459 g/mol. The minimum Gasteiger partial charge on any atom is -0.497 e. The highest BCUT2D eigenvalue weighted by Gasteiger charge is 2.15. The van der Waals surface area contributed by atoms with Gasteiger partial charge in [-0.3, -0.25) is 4.79 Å². The van der Waals surface area contributed by atoms with Gasteiger partial charge in [0.2, 0.25) is 5.91 Å². The van der Waals surface area contributed by atoms with Crippen LogP contribution in [0, 0.1) is 0 Å². The van der Waals surface area contributed by atoms with E-state index in [1.807, 2.05) is 28.8 Å². The van der Waals surface area contributed by atoms with E-state index >= 15 is 0 Å². The molecular formula is C22H23ClN4O3S. The van der Waals surface area contributed by atoms with Gasteiger partial charge < -0.3 is 19.4 Å². The van der Waals surface area contributed by atoms with E-state index in [4.69, 9.17) is 21.1 Å². The topological polar surface area (TPSA) is 78.3 Å². The highest BCUT2D eigenvalue weighted by Crippen LogP contribution is 2.20. The molecule has 9 heteroatoms. The molecule has 0 atom stereocenters. The molecule has 3 aromatic rings. The second kappa shape index (κ2) is 11.4. The van der Waals surface area contributed by atoms with E-state index in [0.29, 0.717) is 40.6 Å². The number of hydrogen-bond acceptors (Lipinski definition) is 6. The van der Waals surface area contributed by atoms with E-state index in [9.17, 15) is 4.79 Å². The molecule has 31 heavy (non-hydrogen) atoms. The van der Waals surface area contributed by atoms with Crippen molar-refractivity contribution in [1.82, 2.24) is 14.8 Å². The van der Waals surface area contributed by atoms with Crippen molar-refractivity contribution in [2.24, 2.45) is 0 Å². The first-order chi connectivity index (χ1) is 15.1.